The van der Waals surface area contributed by atoms with Crippen molar-refractivity contribution in [2.45, 2.75) is 13.5 Å². The van der Waals surface area contributed by atoms with Crippen LogP contribution in [-0.4, -0.2) is 15.5 Å². The number of benzene rings is 3. The van der Waals surface area contributed by atoms with E-state index in [9.17, 15) is 4.79 Å². The lowest BCUT2D eigenvalue weighted by molar-refractivity contribution is -0.116. The fraction of sp³-hybridized carbons (Fsp3) is 0.0909. The molecule has 0 fully saturated rings. The summed E-state index contributed by atoms with van der Waals surface area (Å²) in [6.45, 7) is 2.20. The van der Waals surface area contributed by atoms with E-state index < -0.39 is 0 Å². The second-order valence-corrected chi connectivity index (χ2v) is 7.35. The molecule has 1 aromatic heterocycles. The lowest BCUT2D eigenvalue weighted by atomic mass is 10.2. The SMILES string of the molecule is Cc1cccc(NC(=O)Cn2c(-c3ccc(Br)cc3)nc3ccccc32)c1. The van der Waals surface area contributed by atoms with Gasteiger partial charge in [-0.2, -0.15) is 0 Å². The lowest BCUT2D eigenvalue weighted by Gasteiger charge is -2.11. The van der Waals surface area contributed by atoms with Gasteiger partial charge in [0.1, 0.15) is 12.4 Å². The summed E-state index contributed by atoms with van der Waals surface area (Å²) in [5.41, 5.74) is 4.69. The number of nitrogens with one attached hydrogen (secondary N) is 1. The molecule has 0 saturated carbocycles. The number of amides is 1. The third-order valence-corrected chi connectivity index (χ3v) is 4.89. The highest BCUT2D eigenvalue weighted by Crippen LogP contribution is 2.26. The van der Waals surface area contributed by atoms with Crippen molar-refractivity contribution in [1.29, 1.82) is 0 Å². The van der Waals surface area contributed by atoms with Crippen LogP contribution in [0.1, 0.15) is 5.56 Å². The Balaban J connectivity index is 1.70. The number of para-hydroxylation sites is 2. The van der Waals surface area contributed by atoms with Crippen LogP contribution >= 0.6 is 15.9 Å². The third kappa shape index (κ3) is 3.78. The maximum atomic E-state index is 12.7. The first-order valence-corrected chi connectivity index (χ1v) is 9.47. The predicted octanol–water partition coefficient (Wildman–Crippen LogP) is 5.41. The Morgan fingerprint density at radius 1 is 1.04 bits per heavy atom. The average Bonchev–Trinajstić information content (AvgIpc) is 3.01. The van der Waals surface area contributed by atoms with Gasteiger partial charge in [-0.25, -0.2) is 4.98 Å². The molecule has 0 radical (unpaired) electrons. The molecule has 0 atom stereocenters. The molecule has 0 aliphatic heterocycles. The molecular weight excluding hydrogens is 402 g/mol. The largest absolute Gasteiger partial charge is 0.325 e. The van der Waals surface area contributed by atoms with Crippen LogP contribution in [0.4, 0.5) is 5.69 Å². The Kier molecular flexibility index (Phi) is 4.77. The van der Waals surface area contributed by atoms with Gasteiger partial charge in [-0.05, 0) is 48.9 Å². The van der Waals surface area contributed by atoms with Crippen LogP contribution in [0.25, 0.3) is 22.4 Å². The van der Waals surface area contributed by atoms with Gasteiger partial charge in [-0.1, -0.05) is 52.3 Å². The van der Waals surface area contributed by atoms with Crippen molar-refractivity contribution in [3.63, 3.8) is 0 Å². The number of hydrogen-bond donors (Lipinski definition) is 1. The number of imidazole rings is 1. The molecule has 1 amide bonds. The minimum Gasteiger partial charge on any atom is -0.325 e. The molecule has 0 spiro atoms. The van der Waals surface area contributed by atoms with Crippen molar-refractivity contribution in [2.75, 3.05) is 5.32 Å². The normalized spacial score (nSPS) is 10.9. The first-order chi connectivity index (χ1) is 13.1. The number of rotatable bonds is 4. The average molecular weight is 420 g/mol. The molecule has 5 heteroatoms. The molecule has 4 nitrogen and oxygen atoms in total. The molecule has 4 aromatic rings. The van der Waals surface area contributed by atoms with Gasteiger partial charge in [0, 0.05) is 15.7 Å². The summed E-state index contributed by atoms with van der Waals surface area (Å²) in [6, 6.07) is 23.6. The Morgan fingerprint density at radius 3 is 2.59 bits per heavy atom. The van der Waals surface area contributed by atoms with Gasteiger partial charge in [0.25, 0.3) is 0 Å². The predicted molar refractivity (Wildman–Crippen MR) is 113 cm³/mol. The zero-order valence-corrected chi connectivity index (χ0v) is 16.4. The maximum Gasteiger partial charge on any atom is 0.244 e. The molecule has 4 rings (SSSR count). The highest BCUT2D eigenvalue weighted by atomic mass is 79.9. The van der Waals surface area contributed by atoms with Gasteiger partial charge in [0.2, 0.25) is 5.91 Å². The molecule has 0 saturated heterocycles. The zero-order chi connectivity index (χ0) is 18.8. The Hall–Kier alpha value is -2.92. The summed E-state index contributed by atoms with van der Waals surface area (Å²) in [7, 11) is 0. The van der Waals surface area contributed by atoms with Gasteiger partial charge in [0.05, 0.1) is 11.0 Å². The van der Waals surface area contributed by atoms with E-state index in [1.54, 1.807) is 0 Å². The van der Waals surface area contributed by atoms with Gasteiger partial charge in [-0.3, -0.25) is 4.79 Å². The van der Waals surface area contributed by atoms with E-state index in [1.807, 2.05) is 84.3 Å². The van der Waals surface area contributed by atoms with Crippen molar-refractivity contribution < 1.29 is 4.79 Å². The van der Waals surface area contributed by atoms with Gasteiger partial charge >= 0.3 is 0 Å². The summed E-state index contributed by atoms with van der Waals surface area (Å²) in [5.74, 6) is 0.699. The monoisotopic (exact) mass is 419 g/mol. The molecule has 27 heavy (non-hydrogen) atoms. The first-order valence-electron chi connectivity index (χ1n) is 8.68. The summed E-state index contributed by atoms with van der Waals surface area (Å²) >= 11 is 3.46. The maximum absolute atomic E-state index is 12.7. The molecule has 0 aliphatic rings. The smallest absolute Gasteiger partial charge is 0.244 e. The number of hydrogen-bond acceptors (Lipinski definition) is 2. The van der Waals surface area contributed by atoms with E-state index in [4.69, 9.17) is 4.98 Å². The molecule has 0 aliphatic carbocycles. The zero-order valence-electron chi connectivity index (χ0n) is 14.8. The Bertz CT molecular complexity index is 1120. The number of aromatic nitrogens is 2. The van der Waals surface area contributed by atoms with Crippen molar-refractivity contribution >= 4 is 38.6 Å². The fourth-order valence-electron chi connectivity index (χ4n) is 3.12. The van der Waals surface area contributed by atoms with Gasteiger partial charge < -0.3 is 9.88 Å². The molecule has 0 unspecified atom stereocenters. The van der Waals surface area contributed by atoms with E-state index in [-0.39, 0.29) is 12.5 Å². The third-order valence-electron chi connectivity index (χ3n) is 4.36. The molecule has 0 bridgehead atoms. The molecule has 1 N–H and O–H groups in total. The first kappa shape index (κ1) is 17.5. The van der Waals surface area contributed by atoms with E-state index in [1.165, 1.54) is 0 Å². The molecular formula is C22H18BrN3O. The minimum atomic E-state index is -0.0814. The molecule has 134 valence electrons. The number of carbonyl (C=O) groups excluding carboxylic acids is 1. The number of nitrogens with zero attached hydrogens (tertiary/aromatic N) is 2. The van der Waals surface area contributed by atoms with Crippen LogP contribution < -0.4 is 5.32 Å². The van der Waals surface area contributed by atoms with Crippen molar-refractivity contribution in [3.05, 3.63) is 82.8 Å². The quantitative estimate of drug-likeness (QED) is 0.480. The van der Waals surface area contributed by atoms with E-state index in [0.29, 0.717) is 0 Å². The standard InChI is InChI=1S/C22H18BrN3O/c1-15-5-4-6-18(13-15)24-21(27)14-26-20-8-3-2-7-19(20)25-22(26)16-9-11-17(23)12-10-16/h2-13H,14H2,1H3,(H,24,27). The van der Waals surface area contributed by atoms with Crippen LogP contribution in [0.5, 0.6) is 0 Å². The minimum absolute atomic E-state index is 0.0814. The van der Waals surface area contributed by atoms with Gasteiger partial charge in [0.15, 0.2) is 0 Å². The van der Waals surface area contributed by atoms with Crippen LogP contribution in [0.3, 0.4) is 0 Å². The molecule has 3 aromatic carbocycles. The highest BCUT2D eigenvalue weighted by Gasteiger charge is 2.15. The Labute approximate surface area is 166 Å². The van der Waals surface area contributed by atoms with Crippen LogP contribution in [0.15, 0.2) is 77.3 Å². The van der Waals surface area contributed by atoms with E-state index in [0.717, 1.165) is 38.1 Å². The topological polar surface area (TPSA) is 46.9 Å². The second kappa shape index (κ2) is 7.37. The van der Waals surface area contributed by atoms with Crippen LogP contribution in [-0.2, 0) is 11.3 Å². The van der Waals surface area contributed by atoms with Gasteiger partial charge in [-0.15, -0.1) is 0 Å². The van der Waals surface area contributed by atoms with E-state index in [2.05, 4.69) is 21.2 Å². The highest BCUT2D eigenvalue weighted by molar-refractivity contribution is 9.10. The lowest BCUT2D eigenvalue weighted by Crippen LogP contribution is -2.19. The molecule has 1 heterocycles. The second-order valence-electron chi connectivity index (χ2n) is 6.43. The van der Waals surface area contributed by atoms with Crippen molar-refractivity contribution in [1.82, 2.24) is 9.55 Å². The van der Waals surface area contributed by atoms with Crippen molar-refractivity contribution in [3.8, 4) is 11.4 Å². The number of halogens is 1. The van der Waals surface area contributed by atoms with Crippen LogP contribution in [0.2, 0.25) is 0 Å². The summed E-state index contributed by atoms with van der Waals surface area (Å²) in [4.78, 5) is 17.5. The van der Waals surface area contributed by atoms with Crippen molar-refractivity contribution in [2.24, 2.45) is 0 Å². The Morgan fingerprint density at radius 2 is 1.81 bits per heavy atom. The fourth-order valence-corrected chi connectivity index (χ4v) is 3.39. The number of carbonyl (C=O) groups is 1. The van der Waals surface area contributed by atoms with Crippen LogP contribution in [0, 0.1) is 6.92 Å². The summed E-state index contributed by atoms with van der Waals surface area (Å²) in [5, 5.41) is 2.98. The number of fused-ring (bicyclic) bond motifs is 1. The summed E-state index contributed by atoms with van der Waals surface area (Å²) in [6.07, 6.45) is 0. The number of aryl methyl sites for hydroxylation is 1. The summed E-state index contributed by atoms with van der Waals surface area (Å²) < 4.78 is 2.97. The van der Waals surface area contributed by atoms with E-state index >= 15 is 0 Å². The number of anilines is 1.